The maximum Gasteiger partial charge on any atom is 0.145 e. The summed E-state index contributed by atoms with van der Waals surface area (Å²) in [7, 11) is 0. The summed E-state index contributed by atoms with van der Waals surface area (Å²) in [6.07, 6.45) is 0. The zero-order valence-electron chi connectivity index (χ0n) is 14.6. The molecule has 0 atom stereocenters. The fraction of sp³-hybridized carbons (Fsp3) is 0.0417. The van der Waals surface area contributed by atoms with E-state index >= 15 is 0 Å². The molecule has 0 unspecified atom stereocenters. The summed E-state index contributed by atoms with van der Waals surface area (Å²) in [4.78, 5) is 4.95. The van der Waals surface area contributed by atoms with Crippen molar-refractivity contribution in [1.29, 1.82) is 0 Å². The Balaban J connectivity index is 1.80. The molecule has 5 aromatic rings. The van der Waals surface area contributed by atoms with Gasteiger partial charge in [0.25, 0.3) is 0 Å². The van der Waals surface area contributed by atoms with Crippen molar-refractivity contribution in [3.8, 4) is 17.1 Å². The minimum Gasteiger partial charge on any atom is -0.292 e. The third-order valence-corrected chi connectivity index (χ3v) is 4.83. The third-order valence-electron chi connectivity index (χ3n) is 4.83. The zero-order chi connectivity index (χ0) is 17.5. The van der Waals surface area contributed by atoms with E-state index in [1.54, 1.807) is 0 Å². The molecule has 124 valence electrons. The highest BCUT2D eigenvalue weighted by atomic mass is 15.1. The number of aryl methyl sites for hydroxylation is 1. The lowest BCUT2D eigenvalue weighted by Crippen LogP contribution is -1.97. The first-order valence-electron chi connectivity index (χ1n) is 8.83. The predicted molar refractivity (Wildman–Crippen MR) is 109 cm³/mol. The molecule has 0 amide bonds. The van der Waals surface area contributed by atoms with Crippen molar-refractivity contribution < 1.29 is 0 Å². The fourth-order valence-electron chi connectivity index (χ4n) is 3.56. The van der Waals surface area contributed by atoms with Gasteiger partial charge >= 0.3 is 0 Å². The van der Waals surface area contributed by atoms with E-state index in [1.165, 1.54) is 16.3 Å². The normalized spacial score (nSPS) is 11.3. The van der Waals surface area contributed by atoms with E-state index in [0.717, 1.165) is 28.1 Å². The van der Waals surface area contributed by atoms with Crippen molar-refractivity contribution in [2.24, 2.45) is 0 Å². The van der Waals surface area contributed by atoms with Crippen molar-refractivity contribution in [3.05, 3.63) is 96.6 Å². The van der Waals surface area contributed by atoms with Crippen LogP contribution < -0.4 is 0 Å². The SMILES string of the molecule is Cc1ccc2cc(-c3nc4ccccc4n3-c3ccccc3)ccc2c1. The van der Waals surface area contributed by atoms with Gasteiger partial charge in [0, 0.05) is 11.3 Å². The number of hydrogen-bond acceptors (Lipinski definition) is 1. The monoisotopic (exact) mass is 334 g/mol. The van der Waals surface area contributed by atoms with Crippen LogP contribution in [0.3, 0.4) is 0 Å². The molecule has 0 spiro atoms. The van der Waals surface area contributed by atoms with Crippen LogP contribution in [0.5, 0.6) is 0 Å². The van der Waals surface area contributed by atoms with Crippen LogP contribution in [0, 0.1) is 6.92 Å². The zero-order valence-corrected chi connectivity index (χ0v) is 14.6. The van der Waals surface area contributed by atoms with E-state index in [4.69, 9.17) is 4.98 Å². The number of imidazole rings is 1. The summed E-state index contributed by atoms with van der Waals surface area (Å²) in [5.41, 5.74) is 5.66. The number of fused-ring (bicyclic) bond motifs is 2. The van der Waals surface area contributed by atoms with Gasteiger partial charge in [0.1, 0.15) is 5.82 Å². The lowest BCUT2D eigenvalue weighted by atomic mass is 10.0. The molecule has 0 saturated heterocycles. The molecule has 0 fully saturated rings. The van der Waals surface area contributed by atoms with Gasteiger partial charge in [0.15, 0.2) is 0 Å². The number of rotatable bonds is 2. The maximum absolute atomic E-state index is 4.95. The Morgan fingerprint density at radius 1 is 0.692 bits per heavy atom. The van der Waals surface area contributed by atoms with Crippen LogP contribution in [0.1, 0.15) is 5.56 Å². The van der Waals surface area contributed by atoms with Crippen molar-refractivity contribution in [2.45, 2.75) is 6.92 Å². The van der Waals surface area contributed by atoms with Crippen molar-refractivity contribution in [2.75, 3.05) is 0 Å². The molecule has 0 aliphatic carbocycles. The molecule has 0 aliphatic rings. The average Bonchev–Trinajstić information content (AvgIpc) is 3.08. The molecule has 1 heterocycles. The van der Waals surface area contributed by atoms with Gasteiger partial charge in [-0.25, -0.2) is 4.98 Å². The average molecular weight is 334 g/mol. The molecule has 5 rings (SSSR count). The molecular weight excluding hydrogens is 316 g/mol. The van der Waals surface area contributed by atoms with Crippen LogP contribution in [0.2, 0.25) is 0 Å². The van der Waals surface area contributed by atoms with Crippen molar-refractivity contribution in [1.82, 2.24) is 9.55 Å². The van der Waals surface area contributed by atoms with Gasteiger partial charge in [0.2, 0.25) is 0 Å². The van der Waals surface area contributed by atoms with E-state index in [-0.39, 0.29) is 0 Å². The summed E-state index contributed by atoms with van der Waals surface area (Å²) in [6, 6.07) is 31.9. The van der Waals surface area contributed by atoms with E-state index in [1.807, 2.05) is 12.1 Å². The molecule has 0 N–H and O–H groups in total. The number of benzene rings is 4. The minimum absolute atomic E-state index is 0.972. The highest BCUT2D eigenvalue weighted by Gasteiger charge is 2.14. The third kappa shape index (κ3) is 2.39. The van der Waals surface area contributed by atoms with E-state index < -0.39 is 0 Å². The second-order valence-corrected chi connectivity index (χ2v) is 6.66. The van der Waals surface area contributed by atoms with Gasteiger partial charge in [0.05, 0.1) is 11.0 Å². The highest BCUT2D eigenvalue weighted by Crippen LogP contribution is 2.30. The van der Waals surface area contributed by atoms with E-state index in [9.17, 15) is 0 Å². The quantitative estimate of drug-likeness (QED) is 0.378. The topological polar surface area (TPSA) is 17.8 Å². The van der Waals surface area contributed by atoms with E-state index in [2.05, 4.69) is 90.4 Å². The Morgan fingerprint density at radius 2 is 1.42 bits per heavy atom. The molecule has 4 aromatic carbocycles. The van der Waals surface area contributed by atoms with Crippen LogP contribution >= 0.6 is 0 Å². The first-order valence-corrected chi connectivity index (χ1v) is 8.83. The largest absolute Gasteiger partial charge is 0.292 e. The van der Waals surface area contributed by atoms with Crippen molar-refractivity contribution in [3.63, 3.8) is 0 Å². The molecule has 2 heteroatoms. The lowest BCUT2D eigenvalue weighted by molar-refractivity contribution is 1.10. The van der Waals surface area contributed by atoms with Gasteiger partial charge < -0.3 is 0 Å². The Bertz CT molecular complexity index is 1230. The minimum atomic E-state index is 0.972. The summed E-state index contributed by atoms with van der Waals surface area (Å²) in [5, 5.41) is 2.50. The summed E-state index contributed by atoms with van der Waals surface area (Å²) in [5.74, 6) is 0.972. The molecule has 0 bridgehead atoms. The van der Waals surface area contributed by atoms with Crippen LogP contribution in [0.15, 0.2) is 91.0 Å². The highest BCUT2D eigenvalue weighted by molar-refractivity contribution is 5.89. The molecule has 2 nitrogen and oxygen atoms in total. The molecular formula is C24H18N2. The van der Waals surface area contributed by atoms with Gasteiger partial charge in [-0.2, -0.15) is 0 Å². The van der Waals surface area contributed by atoms with Crippen LogP contribution in [-0.4, -0.2) is 9.55 Å². The van der Waals surface area contributed by atoms with Crippen LogP contribution in [-0.2, 0) is 0 Å². The Hall–Kier alpha value is -3.39. The predicted octanol–water partition coefficient (Wildman–Crippen LogP) is 6.15. The molecule has 0 radical (unpaired) electrons. The molecule has 0 aliphatic heterocycles. The first-order chi connectivity index (χ1) is 12.8. The van der Waals surface area contributed by atoms with Gasteiger partial charge in [-0.3, -0.25) is 4.57 Å². The second-order valence-electron chi connectivity index (χ2n) is 6.66. The number of para-hydroxylation sites is 3. The number of aromatic nitrogens is 2. The molecule has 0 saturated carbocycles. The van der Waals surface area contributed by atoms with Gasteiger partial charge in [-0.05, 0) is 48.0 Å². The Morgan fingerprint density at radius 3 is 2.31 bits per heavy atom. The van der Waals surface area contributed by atoms with Gasteiger partial charge in [-0.15, -0.1) is 0 Å². The Kier molecular flexibility index (Phi) is 3.36. The Labute approximate surface area is 152 Å². The lowest BCUT2D eigenvalue weighted by Gasteiger charge is -2.10. The number of hydrogen-bond donors (Lipinski definition) is 0. The maximum atomic E-state index is 4.95. The second kappa shape index (κ2) is 5.85. The first kappa shape index (κ1) is 14.9. The molecule has 26 heavy (non-hydrogen) atoms. The van der Waals surface area contributed by atoms with Crippen LogP contribution in [0.25, 0.3) is 38.9 Å². The van der Waals surface area contributed by atoms with Crippen molar-refractivity contribution >= 4 is 21.8 Å². The molecule has 1 aromatic heterocycles. The standard InChI is InChI=1S/C24H18N2/c1-17-11-12-19-16-20(14-13-18(19)15-17)24-25-22-9-5-6-10-23(22)26(24)21-7-3-2-4-8-21/h2-16H,1H3. The summed E-state index contributed by atoms with van der Waals surface area (Å²) >= 11 is 0. The van der Waals surface area contributed by atoms with E-state index in [0.29, 0.717) is 0 Å². The summed E-state index contributed by atoms with van der Waals surface area (Å²) < 4.78 is 2.24. The van der Waals surface area contributed by atoms with Gasteiger partial charge in [-0.1, -0.05) is 66.2 Å². The summed E-state index contributed by atoms with van der Waals surface area (Å²) in [6.45, 7) is 2.13. The smallest absolute Gasteiger partial charge is 0.145 e. The van der Waals surface area contributed by atoms with Crippen LogP contribution in [0.4, 0.5) is 0 Å². The fourth-order valence-corrected chi connectivity index (χ4v) is 3.56. The number of nitrogens with zero attached hydrogens (tertiary/aromatic N) is 2.